The van der Waals surface area contributed by atoms with E-state index in [-0.39, 0.29) is 6.61 Å². The van der Waals surface area contributed by atoms with Gasteiger partial charge in [0.25, 0.3) is 0 Å². The second kappa shape index (κ2) is 8.10. The fourth-order valence-corrected chi connectivity index (χ4v) is 0.619. The summed E-state index contributed by atoms with van der Waals surface area (Å²) >= 11 is 0. The molecule has 0 aromatic carbocycles. The summed E-state index contributed by atoms with van der Waals surface area (Å²) in [7, 11) is -9.11. The number of carbonyl (C=O) groups excluding carboxylic acids is 1. The van der Waals surface area contributed by atoms with E-state index < -0.39 is 33.4 Å². The third kappa shape index (κ3) is 31.3. The van der Waals surface area contributed by atoms with Crippen molar-refractivity contribution >= 4 is 26.8 Å². The van der Waals surface area contributed by atoms with E-state index in [0.29, 0.717) is 0 Å². The van der Waals surface area contributed by atoms with Gasteiger partial charge in [0.05, 0.1) is 0 Å². The Morgan fingerprint density at radius 3 is 1.82 bits per heavy atom. The first-order chi connectivity index (χ1) is 7.45. The Labute approximate surface area is 97.4 Å². The van der Waals surface area contributed by atoms with Crippen molar-refractivity contribution in [2.75, 3.05) is 13.2 Å². The maximum Gasteiger partial charge on any atom is 0.397 e. The van der Waals surface area contributed by atoms with Gasteiger partial charge in [-0.2, -0.15) is 16.8 Å². The monoisotopic (exact) mass is 294 g/mol. The predicted molar refractivity (Wildman–Crippen MR) is 52.8 cm³/mol. The van der Waals surface area contributed by atoms with Crippen molar-refractivity contribution < 1.29 is 44.2 Å². The molecule has 17 heavy (non-hydrogen) atoms. The van der Waals surface area contributed by atoms with Gasteiger partial charge in [-0.15, -0.1) is 0 Å². The van der Waals surface area contributed by atoms with Gasteiger partial charge in [0.1, 0.15) is 13.2 Å². The molecule has 0 aromatic rings. The Kier molecular flexibility index (Phi) is 8.73. The molecule has 0 aliphatic heterocycles. The molecule has 0 atom stereocenters. The lowest BCUT2D eigenvalue weighted by atomic mass is 10.6. The summed E-state index contributed by atoms with van der Waals surface area (Å²) in [5, 5.41) is 0. The molecule has 0 aliphatic rings. The van der Waals surface area contributed by atoms with Gasteiger partial charge in [0, 0.05) is 6.08 Å². The number of hydrogen-bond acceptors (Lipinski definition) is 7. The normalized spacial score (nSPS) is 11.0. The van der Waals surface area contributed by atoms with Crippen LogP contribution >= 0.6 is 0 Å². The van der Waals surface area contributed by atoms with Crippen molar-refractivity contribution in [3.63, 3.8) is 0 Å². The highest BCUT2D eigenvalue weighted by molar-refractivity contribution is 7.80. The summed E-state index contributed by atoms with van der Waals surface area (Å²) in [6, 6.07) is 0. The molecule has 12 heteroatoms. The molecular weight excluding hydrogens is 284 g/mol. The average molecular weight is 294 g/mol. The zero-order valence-electron chi connectivity index (χ0n) is 8.21. The van der Waals surface area contributed by atoms with Gasteiger partial charge >= 0.3 is 26.8 Å². The lowest BCUT2D eigenvalue weighted by Gasteiger charge is -2.00. The highest BCUT2D eigenvalue weighted by Gasteiger charge is 2.03. The largest absolute Gasteiger partial charge is 0.460 e. The summed E-state index contributed by atoms with van der Waals surface area (Å²) in [5.74, 6) is -0.686. The predicted octanol–water partition coefficient (Wildman–Crippen LogP) is -1.12. The quantitative estimate of drug-likeness (QED) is 0.245. The maximum atomic E-state index is 10.3. The Bertz CT molecular complexity index is 423. The third-order valence-electron chi connectivity index (χ3n) is 0.727. The fraction of sp³-hybridized carbons (Fsp3) is 0.400. The highest BCUT2D eigenvalue weighted by Crippen LogP contribution is 1.86. The van der Waals surface area contributed by atoms with Gasteiger partial charge in [0.15, 0.2) is 0 Å². The van der Waals surface area contributed by atoms with E-state index in [9.17, 15) is 13.2 Å². The molecule has 0 aliphatic carbocycles. The SMILES string of the molecule is C=CC(=O)OCCOS(=O)(=O)O.O=S(=O)(O)O. The minimum Gasteiger partial charge on any atom is -0.460 e. The fourth-order valence-electron chi connectivity index (χ4n) is 0.341. The third-order valence-corrected chi connectivity index (χ3v) is 1.19. The molecule has 0 aromatic heterocycles. The van der Waals surface area contributed by atoms with E-state index in [1.165, 1.54) is 0 Å². The summed E-state index contributed by atoms with van der Waals surface area (Å²) in [5.41, 5.74) is 0. The van der Waals surface area contributed by atoms with E-state index >= 15 is 0 Å². The van der Waals surface area contributed by atoms with Crippen molar-refractivity contribution in [1.29, 1.82) is 0 Å². The molecule has 102 valence electrons. The van der Waals surface area contributed by atoms with Crippen LogP contribution in [0.2, 0.25) is 0 Å². The van der Waals surface area contributed by atoms with Gasteiger partial charge in [-0.1, -0.05) is 6.58 Å². The van der Waals surface area contributed by atoms with Crippen LogP contribution in [0.5, 0.6) is 0 Å². The van der Waals surface area contributed by atoms with E-state index in [1.54, 1.807) is 0 Å². The van der Waals surface area contributed by atoms with Crippen LogP contribution in [0.25, 0.3) is 0 Å². The molecular formula is C5H10O10S2. The minimum atomic E-state index is -4.67. The van der Waals surface area contributed by atoms with Gasteiger partial charge < -0.3 is 4.74 Å². The molecule has 0 unspecified atom stereocenters. The molecule has 0 bridgehead atoms. The maximum absolute atomic E-state index is 10.3. The zero-order chi connectivity index (χ0) is 14.1. The second-order valence-corrected chi connectivity index (χ2v) is 4.06. The standard InChI is InChI=1S/C5H8O6S.H2O4S/c1-2-5(6)10-3-4-11-12(7,8)9;1-5(2,3)4/h2H,1,3-4H2,(H,7,8,9);(H2,1,2,3,4). The lowest BCUT2D eigenvalue weighted by molar-refractivity contribution is -0.138. The number of rotatable bonds is 5. The topological polar surface area (TPSA) is 164 Å². The molecule has 10 nitrogen and oxygen atoms in total. The van der Waals surface area contributed by atoms with Gasteiger partial charge in [-0.05, 0) is 0 Å². The second-order valence-electron chi connectivity index (χ2n) is 2.07. The molecule has 0 spiro atoms. The van der Waals surface area contributed by atoms with Crippen LogP contribution in [-0.2, 0) is 34.5 Å². The first kappa shape index (κ1) is 18.3. The molecule has 0 saturated carbocycles. The molecule has 3 N–H and O–H groups in total. The number of ether oxygens (including phenoxy) is 1. The van der Waals surface area contributed by atoms with Crippen LogP contribution < -0.4 is 0 Å². The van der Waals surface area contributed by atoms with E-state index in [1.807, 2.05) is 0 Å². The van der Waals surface area contributed by atoms with Crippen molar-refractivity contribution in [3.05, 3.63) is 12.7 Å². The van der Waals surface area contributed by atoms with E-state index in [4.69, 9.17) is 22.1 Å². The van der Waals surface area contributed by atoms with Gasteiger partial charge in [-0.25, -0.2) is 8.98 Å². The van der Waals surface area contributed by atoms with Crippen molar-refractivity contribution in [2.45, 2.75) is 0 Å². The van der Waals surface area contributed by atoms with Crippen molar-refractivity contribution in [3.8, 4) is 0 Å². The molecule has 0 saturated heterocycles. The number of carbonyl (C=O) groups is 1. The van der Waals surface area contributed by atoms with Crippen LogP contribution in [0.4, 0.5) is 0 Å². The molecule has 0 radical (unpaired) electrons. The summed E-state index contributed by atoms with van der Waals surface area (Å²) in [6.07, 6.45) is 0.924. The smallest absolute Gasteiger partial charge is 0.397 e. The zero-order valence-corrected chi connectivity index (χ0v) is 9.85. The van der Waals surface area contributed by atoms with Gasteiger partial charge in [0.2, 0.25) is 0 Å². The number of esters is 1. The first-order valence-electron chi connectivity index (χ1n) is 3.56. The summed E-state index contributed by atoms with van der Waals surface area (Å²) in [6.45, 7) is 2.43. The Hall–Kier alpha value is -1.05. The first-order valence-corrected chi connectivity index (χ1v) is 6.33. The van der Waals surface area contributed by atoms with Crippen molar-refractivity contribution in [1.82, 2.24) is 0 Å². The average Bonchev–Trinajstić information content (AvgIpc) is 2.07. The molecule has 0 rings (SSSR count). The van der Waals surface area contributed by atoms with Crippen LogP contribution in [-0.4, -0.2) is 49.7 Å². The van der Waals surface area contributed by atoms with Crippen LogP contribution in [0, 0.1) is 0 Å². The lowest BCUT2D eigenvalue weighted by Crippen LogP contribution is -2.12. The molecule has 0 heterocycles. The number of hydrogen-bond donors (Lipinski definition) is 3. The Morgan fingerprint density at radius 1 is 1.12 bits per heavy atom. The van der Waals surface area contributed by atoms with Crippen LogP contribution in [0.3, 0.4) is 0 Å². The molecule has 0 amide bonds. The Balaban J connectivity index is 0. The highest BCUT2D eigenvalue weighted by atomic mass is 32.3. The summed E-state index contributed by atoms with van der Waals surface area (Å²) < 4.78 is 67.6. The minimum absolute atomic E-state index is 0.259. The van der Waals surface area contributed by atoms with Crippen LogP contribution in [0.15, 0.2) is 12.7 Å². The van der Waals surface area contributed by atoms with Crippen LogP contribution in [0.1, 0.15) is 0 Å². The van der Waals surface area contributed by atoms with E-state index in [2.05, 4.69) is 15.5 Å². The van der Waals surface area contributed by atoms with Gasteiger partial charge in [-0.3, -0.25) is 13.7 Å². The van der Waals surface area contributed by atoms with E-state index in [0.717, 1.165) is 6.08 Å². The van der Waals surface area contributed by atoms with Crippen molar-refractivity contribution in [2.24, 2.45) is 0 Å². The summed E-state index contributed by atoms with van der Waals surface area (Å²) in [4.78, 5) is 10.3. The molecule has 0 fully saturated rings. The Morgan fingerprint density at radius 2 is 1.53 bits per heavy atom.